The summed E-state index contributed by atoms with van der Waals surface area (Å²) in [5.74, 6) is -2.47. The van der Waals surface area contributed by atoms with Gasteiger partial charge in [0.15, 0.2) is 5.13 Å². The van der Waals surface area contributed by atoms with E-state index in [0.29, 0.717) is 43.4 Å². The summed E-state index contributed by atoms with van der Waals surface area (Å²) in [4.78, 5) is 78.7. The molecule has 3 heterocycles. The van der Waals surface area contributed by atoms with Gasteiger partial charge in [-0.25, -0.2) is 19.6 Å². The molecule has 4 N–H and O–H groups in total. The second kappa shape index (κ2) is 16.7. The zero-order valence-corrected chi connectivity index (χ0v) is 37.0. The number of carboxylic acids is 1. The van der Waals surface area contributed by atoms with Crippen molar-refractivity contribution in [3.63, 3.8) is 0 Å². The lowest BCUT2D eigenvalue weighted by molar-refractivity contribution is -0.147. The number of carbonyl (C=O) groups excluding carboxylic acids is 4. The summed E-state index contributed by atoms with van der Waals surface area (Å²) in [5, 5.41) is 21.4. The predicted molar refractivity (Wildman–Crippen MR) is 226 cm³/mol. The molecule has 6 rings (SSSR count). The summed E-state index contributed by atoms with van der Waals surface area (Å²) in [7, 11) is 1.54. The van der Waals surface area contributed by atoms with Crippen molar-refractivity contribution >= 4 is 73.1 Å². The number of amides is 4. The van der Waals surface area contributed by atoms with E-state index in [1.54, 1.807) is 51.3 Å². The molecule has 0 unspecified atom stereocenters. The Bertz CT molecular complexity index is 2160. The molecule has 318 valence electrons. The SMILES string of the molecule is C=C[C@@H]1C[C@]1(NC(=O)[C@H]1N(C(=O)[C@H](NC(=O)OC2CCCC2)C(C)(C)C)C[C@H](Oc2cc(-c3csc(NC(=O)C(C)C)n3)nc3c(Br)c(OC)ccc23)C1(C)C)C(=O)O. The Kier molecular flexibility index (Phi) is 12.4. The molecular formula is C42H53BrN6O9S. The van der Waals surface area contributed by atoms with Crippen molar-refractivity contribution in [1.82, 2.24) is 25.5 Å². The number of rotatable bonds is 13. The van der Waals surface area contributed by atoms with Crippen LogP contribution in [0.1, 0.15) is 80.6 Å². The lowest BCUT2D eigenvalue weighted by Gasteiger charge is -2.37. The average Bonchev–Trinajstić information content (AvgIpc) is 3.47. The molecule has 0 spiro atoms. The maximum Gasteiger partial charge on any atom is 0.408 e. The van der Waals surface area contributed by atoms with Crippen LogP contribution in [0.3, 0.4) is 0 Å². The van der Waals surface area contributed by atoms with Crippen LogP contribution < -0.4 is 25.4 Å². The molecule has 4 amide bonds. The van der Waals surface area contributed by atoms with Crippen LogP contribution in [0.2, 0.25) is 0 Å². The van der Waals surface area contributed by atoms with E-state index in [0.717, 1.165) is 25.7 Å². The van der Waals surface area contributed by atoms with Crippen LogP contribution in [0.25, 0.3) is 22.3 Å². The number of anilines is 1. The molecule has 1 saturated heterocycles. The smallest absolute Gasteiger partial charge is 0.408 e. The number of fused-ring (bicyclic) bond motifs is 1. The topological polar surface area (TPSA) is 198 Å². The maximum absolute atomic E-state index is 14.9. The molecule has 15 nitrogen and oxygen atoms in total. The highest BCUT2D eigenvalue weighted by molar-refractivity contribution is 9.10. The van der Waals surface area contributed by atoms with Gasteiger partial charge in [0.2, 0.25) is 17.7 Å². The zero-order valence-electron chi connectivity index (χ0n) is 34.6. The number of hydrogen-bond donors (Lipinski definition) is 4. The molecule has 3 aromatic rings. The van der Waals surface area contributed by atoms with Crippen LogP contribution in [0.5, 0.6) is 11.5 Å². The summed E-state index contributed by atoms with van der Waals surface area (Å²) in [6.45, 7) is 16.2. The molecule has 2 saturated carbocycles. The minimum Gasteiger partial charge on any atom is -0.495 e. The van der Waals surface area contributed by atoms with Gasteiger partial charge in [-0.2, -0.15) is 0 Å². The number of nitrogens with zero attached hydrogens (tertiary/aromatic N) is 3. The summed E-state index contributed by atoms with van der Waals surface area (Å²) in [6.07, 6.45) is 3.23. The van der Waals surface area contributed by atoms with Crippen molar-refractivity contribution in [2.24, 2.45) is 22.7 Å². The van der Waals surface area contributed by atoms with E-state index in [1.807, 2.05) is 20.8 Å². The van der Waals surface area contributed by atoms with Gasteiger partial charge >= 0.3 is 12.1 Å². The number of methoxy groups -OCH3 is 1. The molecule has 3 aliphatic rings. The van der Waals surface area contributed by atoms with Crippen LogP contribution >= 0.6 is 27.3 Å². The standard InChI is InChI=1S/C42H53BrN6O9S/c1-10-22-18-42(22,37(53)54)48-35(51)33-41(7,8)29(19-49(33)36(52)32(40(4,5)6)46-39(55)57-23-13-11-12-14-23)58-28-17-25(26-20-59-38(45-26)47-34(50)21(2)3)44-31-24(28)15-16-27(56-9)30(31)43/h10,15-17,20-23,29,32-33H,1,11-14,18-19H2,2-9H3,(H,46,55)(H,48,51)(H,53,54)(H,45,47,50)/t22-,29+,32+,33-,42-/m1/s1. The number of aliphatic carboxylic acids is 1. The van der Waals surface area contributed by atoms with Crippen LogP contribution in [-0.2, 0) is 23.9 Å². The summed E-state index contributed by atoms with van der Waals surface area (Å²) in [5.41, 5.74) is -2.16. The summed E-state index contributed by atoms with van der Waals surface area (Å²) >= 11 is 4.89. The van der Waals surface area contributed by atoms with E-state index in [-0.39, 0.29) is 30.9 Å². The molecule has 2 aliphatic carbocycles. The number of aromatic nitrogens is 2. The molecule has 5 atom stereocenters. The Balaban J connectivity index is 1.40. The van der Waals surface area contributed by atoms with Crippen molar-refractivity contribution in [3.8, 4) is 22.9 Å². The van der Waals surface area contributed by atoms with Crippen LogP contribution in [0.4, 0.5) is 9.93 Å². The second-order valence-corrected chi connectivity index (χ2v) is 19.2. The molecule has 17 heteroatoms. The average molecular weight is 898 g/mol. The Morgan fingerprint density at radius 3 is 2.37 bits per heavy atom. The Hall–Kier alpha value is -4.77. The van der Waals surface area contributed by atoms with E-state index in [4.69, 9.17) is 19.2 Å². The third-order valence-electron chi connectivity index (χ3n) is 11.6. The minimum atomic E-state index is -1.57. The van der Waals surface area contributed by atoms with Gasteiger partial charge in [-0.3, -0.25) is 14.4 Å². The van der Waals surface area contributed by atoms with Crippen LogP contribution in [0.15, 0.2) is 40.7 Å². The number of hydrogen-bond acceptors (Lipinski definition) is 11. The third-order valence-corrected chi connectivity index (χ3v) is 13.1. The molecule has 59 heavy (non-hydrogen) atoms. The lowest BCUT2D eigenvalue weighted by Crippen LogP contribution is -2.61. The van der Waals surface area contributed by atoms with Crippen molar-refractivity contribution in [3.05, 3.63) is 40.7 Å². The van der Waals surface area contributed by atoms with Crippen molar-refractivity contribution < 1.29 is 43.3 Å². The number of carboxylic acid groups (broad SMARTS) is 1. The molecule has 1 aliphatic heterocycles. The Morgan fingerprint density at radius 2 is 1.78 bits per heavy atom. The first-order chi connectivity index (χ1) is 27.7. The second-order valence-electron chi connectivity index (χ2n) is 17.6. The van der Waals surface area contributed by atoms with Gasteiger partial charge < -0.3 is 40.2 Å². The van der Waals surface area contributed by atoms with E-state index in [2.05, 4.69) is 43.4 Å². The number of likely N-dealkylation sites (tertiary alicyclic amines) is 1. The summed E-state index contributed by atoms with van der Waals surface area (Å²) < 4.78 is 18.7. The number of halogens is 1. The number of nitrogens with one attached hydrogen (secondary N) is 3. The quantitative estimate of drug-likeness (QED) is 0.130. The first-order valence-corrected chi connectivity index (χ1v) is 21.4. The predicted octanol–water partition coefficient (Wildman–Crippen LogP) is 6.94. The van der Waals surface area contributed by atoms with Gasteiger partial charge in [0.1, 0.15) is 47.0 Å². The van der Waals surface area contributed by atoms with Crippen LogP contribution in [0, 0.1) is 22.7 Å². The third kappa shape index (κ3) is 8.77. The molecule has 0 radical (unpaired) electrons. The molecule has 0 bridgehead atoms. The number of alkyl carbamates (subject to hydrolysis) is 1. The van der Waals surface area contributed by atoms with Crippen molar-refractivity contribution in [2.45, 2.75) is 110 Å². The highest BCUT2D eigenvalue weighted by Crippen LogP contribution is 2.47. The number of ether oxygens (including phenoxy) is 3. The zero-order chi connectivity index (χ0) is 43.2. The molecule has 3 fully saturated rings. The number of thiazole rings is 1. The lowest BCUT2D eigenvalue weighted by atomic mass is 9.81. The monoisotopic (exact) mass is 896 g/mol. The van der Waals surface area contributed by atoms with Gasteiger partial charge in [-0.05, 0) is 65.6 Å². The van der Waals surface area contributed by atoms with Gasteiger partial charge in [-0.15, -0.1) is 17.9 Å². The molecule has 1 aromatic carbocycles. The first kappa shape index (κ1) is 43.8. The maximum atomic E-state index is 14.9. The first-order valence-electron chi connectivity index (χ1n) is 19.8. The largest absolute Gasteiger partial charge is 0.495 e. The normalized spacial score (nSPS) is 23.1. The highest BCUT2D eigenvalue weighted by Gasteiger charge is 2.63. The molecule has 2 aromatic heterocycles. The fourth-order valence-electron chi connectivity index (χ4n) is 7.86. The number of carbonyl (C=O) groups is 5. The fourth-order valence-corrected chi connectivity index (χ4v) is 9.16. The van der Waals surface area contributed by atoms with Gasteiger partial charge in [0.05, 0.1) is 29.3 Å². The van der Waals surface area contributed by atoms with E-state index < -0.39 is 64.4 Å². The van der Waals surface area contributed by atoms with E-state index in [9.17, 15) is 29.1 Å². The van der Waals surface area contributed by atoms with Crippen molar-refractivity contribution in [1.29, 1.82) is 0 Å². The van der Waals surface area contributed by atoms with E-state index >= 15 is 0 Å². The fraction of sp³-hybridized carbons (Fsp3) is 0.548. The van der Waals surface area contributed by atoms with E-state index in [1.165, 1.54) is 29.4 Å². The highest BCUT2D eigenvalue weighted by atomic mass is 79.9. The Labute approximate surface area is 356 Å². The van der Waals surface area contributed by atoms with Gasteiger partial charge in [0.25, 0.3) is 0 Å². The summed E-state index contributed by atoms with van der Waals surface area (Å²) in [6, 6.07) is 2.92. The van der Waals surface area contributed by atoms with Crippen LogP contribution in [-0.4, -0.2) is 93.2 Å². The van der Waals surface area contributed by atoms with Crippen molar-refractivity contribution in [2.75, 3.05) is 19.0 Å². The minimum absolute atomic E-state index is 0.0978. The van der Waals surface area contributed by atoms with Gasteiger partial charge in [0, 0.05) is 34.1 Å². The van der Waals surface area contributed by atoms with Gasteiger partial charge in [-0.1, -0.05) is 54.5 Å². The Morgan fingerprint density at radius 1 is 1.08 bits per heavy atom. The number of benzene rings is 1. The number of pyridine rings is 1. The molecular weight excluding hydrogens is 844 g/mol.